The maximum Gasteiger partial charge on any atom is 0.0712 e. The van der Waals surface area contributed by atoms with Crippen molar-refractivity contribution in [3.8, 4) is 0 Å². The van der Waals surface area contributed by atoms with Crippen LogP contribution in [0.1, 0.15) is 50.8 Å². The van der Waals surface area contributed by atoms with Crippen molar-refractivity contribution < 1.29 is 0 Å². The molecule has 4 nitrogen and oxygen atoms in total. The predicted octanol–water partition coefficient (Wildman–Crippen LogP) is 3.24. The number of nitrogens with two attached hydrogens (primary N) is 1. The molecule has 0 aliphatic heterocycles. The minimum atomic E-state index is 0.233. The number of aromatic nitrogens is 2. The van der Waals surface area contributed by atoms with E-state index in [0.717, 1.165) is 34.7 Å². The fourth-order valence-electron chi connectivity index (χ4n) is 5.82. The molecule has 4 saturated carbocycles. The number of rotatable bonds is 4. The van der Waals surface area contributed by atoms with E-state index in [1.807, 2.05) is 6.20 Å². The molecule has 21 heavy (non-hydrogen) atoms. The number of hydrogen-bond acceptors (Lipinski definition) is 3. The Hall–Kier alpha value is -0.390. The number of nitrogens with one attached hydrogen (secondary N) is 1. The first-order valence-corrected chi connectivity index (χ1v) is 9.17. The van der Waals surface area contributed by atoms with Gasteiger partial charge in [0.1, 0.15) is 0 Å². The Kier molecular flexibility index (Phi) is 3.63. The molecule has 1 aromatic rings. The summed E-state index contributed by atoms with van der Waals surface area (Å²) in [5.74, 6) is 10.4. The lowest BCUT2D eigenvalue weighted by Gasteiger charge is -2.56. The summed E-state index contributed by atoms with van der Waals surface area (Å²) in [5.41, 5.74) is 4.40. The largest absolute Gasteiger partial charge is 0.271 e. The van der Waals surface area contributed by atoms with Gasteiger partial charge in [0.05, 0.1) is 22.4 Å². The van der Waals surface area contributed by atoms with Crippen molar-refractivity contribution in [3.05, 3.63) is 16.4 Å². The molecule has 4 fully saturated rings. The molecule has 0 saturated heterocycles. The van der Waals surface area contributed by atoms with Gasteiger partial charge in [-0.15, -0.1) is 0 Å². The quantitative estimate of drug-likeness (QED) is 0.645. The summed E-state index contributed by atoms with van der Waals surface area (Å²) in [5, 5.41) is 4.49. The molecular weight excluding hydrogens is 328 g/mol. The zero-order valence-corrected chi connectivity index (χ0v) is 14.2. The molecule has 4 aliphatic rings. The number of hydrazine groups is 1. The Morgan fingerprint density at radius 3 is 2.43 bits per heavy atom. The molecule has 1 atom stereocenters. The van der Waals surface area contributed by atoms with Gasteiger partial charge in [-0.2, -0.15) is 5.10 Å². The Morgan fingerprint density at radius 2 is 1.90 bits per heavy atom. The van der Waals surface area contributed by atoms with Crippen molar-refractivity contribution in [2.45, 2.75) is 51.6 Å². The van der Waals surface area contributed by atoms with Crippen molar-refractivity contribution in [3.63, 3.8) is 0 Å². The second-order valence-electron chi connectivity index (χ2n) is 7.35. The first kappa shape index (κ1) is 14.2. The minimum absolute atomic E-state index is 0.233. The molecule has 4 aliphatic carbocycles. The van der Waals surface area contributed by atoms with Gasteiger partial charge in [0.15, 0.2) is 0 Å². The van der Waals surface area contributed by atoms with Crippen LogP contribution < -0.4 is 11.3 Å². The Morgan fingerprint density at radius 1 is 1.29 bits per heavy atom. The average molecular weight is 353 g/mol. The van der Waals surface area contributed by atoms with Gasteiger partial charge >= 0.3 is 0 Å². The van der Waals surface area contributed by atoms with Crippen molar-refractivity contribution in [2.24, 2.45) is 35.4 Å². The topological polar surface area (TPSA) is 55.9 Å². The van der Waals surface area contributed by atoms with E-state index in [1.54, 1.807) is 0 Å². The number of halogens is 1. The summed E-state index contributed by atoms with van der Waals surface area (Å²) in [4.78, 5) is 0. The third-order valence-electron chi connectivity index (χ3n) is 6.29. The van der Waals surface area contributed by atoms with E-state index < -0.39 is 0 Å². The lowest BCUT2D eigenvalue weighted by atomic mass is 9.50. The van der Waals surface area contributed by atoms with E-state index in [2.05, 4.69) is 38.1 Å². The Labute approximate surface area is 134 Å². The summed E-state index contributed by atoms with van der Waals surface area (Å²) in [7, 11) is 0. The SMILES string of the molecule is CCn1ncc(Br)c1C(NN)C1C2CC3CC(C2)CC1C3. The van der Waals surface area contributed by atoms with Gasteiger partial charge in [-0.05, 0) is 84.5 Å². The molecule has 1 unspecified atom stereocenters. The van der Waals surface area contributed by atoms with Crippen LogP contribution in [0.5, 0.6) is 0 Å². The van der Waals surface area contributed by atoms with Gasteiger partial charge in [-0.25, -0.2) is 0 Å². The third kappa shape index (κ3) is 2.20. The van der Waals surface area contributed by atoms with Gasteiger partial charge in [0, 0.05) is 6.54 Å². The van der Waals surface area contributed by atoms with Crippen LogP contribution in [-0.2, 0) is 6.54 Å². The van der Waals surface area contributed by atoms with Gasteiger partial charge in [-0.3, -0.25) is 16.0 Å². The van der Waals surface area contributed by atoms with Crippen LogP contribution >= 0.6 is 15.9 Å². The zero-order chi connectivity index (χ0) is 14.6. The van der Waals surface area contributed by atoms with Crippen LogP contribution in [-0.4, -0.2) is 9.78 Å². The van der Waals surface area contributed by atoms with E-state index in [1.165, 1.54) is 37.8 Å². The van der Waals surface area contributed by atoms with E-state index in [4.69, 9.17) is 5.84 Å². The maximum atomic E-state index is 6.02. The molecule has 0 aromatic carbocycles. The molecular formula is C16H25BrN4. The highest BCUT2D eigenvalue weighted by Crippen LogP contribution is 2.59. The van der Waals surface area contributed by atoms with E-state index >= 15 is 0 Å². The fourth-order valence-corrected chi connectivity index (χ4v) is 6.36. The van der Waals surface area contributed by atoms with Crippen LogP contribution in [0.4, 0.5) is 0 Å². The molecule has 116 valence electrons. The minimum Gasteiger partial charge on any atom is -0.271 e. The standard InChI is InChI=1S/C16H25BrN4/c1-2-21-16(13(17)8-19-21)15(20-18)14-11-4-9-3-10(6-11)7-12(14)5-9/h8-12,14-15,20H,2-7,18H2,1H3. The average Bonchev–Trinajstić information content (AvgIpc) is 2.83. The van der Waals surface area contributed by atoms with Gasteiger partial charge in [0.25, 0.3) is 0 Å². The predicted molar refractivity (Wildman–Crippen MR) is 86.2 cm³/mol. The summed E-state index contributed by atoms with van der Waals surface area (Å²) < 4.78 is 3.20. The first-order chi connectivity index (χ1) is 10.2. The van der Waals surface area contributed by atoms with Crippen LogP contribution in [0.3, 0.4) is 0 Å². The molecule has 0 radical (unpaired) electrons. The van der Waals surface area contributed by atoms with Gasteiger partial charge in [-0.1, -0.05) is 0 Å². The van der Waals surface area contributed by atoms with Crippen molar-refractivity contribution in [1.29, 1.82) is 0 Å². The van der Waals surface area contributed by atoms with E-state index in [0.29, 0.717) is 5.92 Å². The molecule has 0 amide bonds. The van der Waals surface area contributed by atoms with Crippen molar-refractivity contribution in [1.82, 2.24) is 15.2 Å². The Bertz CT molecular complexity index is 498. The first-order valence-electron chi connectivity index (χ1n) is 8.38. The van der Waals surface area contributed by atoms with Crippen LogP contribution in [0, 0.1) is 29.6 Å². The van der Waals surface area contributed by atoms with Crippen molar-refractivity contribution >= 4 is 15.9 Å². The monoisotopic (exact) mass is 352 g/mol. The fraction of sp³-hybridized carbons (Fsp3) is 0.812. The number of aryl methyl sites for hydroxylation is 1. The van der Waals surface area contributed by atoms with Crippen LogP contribution in [0.25, 0.3) is 0 Å². The normalized spacial score (nSPS) is 38.9. The lowest BCUT2D eigenvalue weighted by molar-refractivity contribution is -0.0538. The summed E-state index contributed by atoms with van der Waals surface area (Å²) in [6.07, 6.45) is 9.11. The lowest BCUT2D eigenvalue weighted by Crippen LogP contribution is -2.51. The Balaban J connectivity index is 1.68. The highest BCUT2D eigenvalue weighted by Gasteiger charge is 2.51. The van der Waals surface area contributed by atoms with E-state index in [9.17, 15) is 0 Å². The molecule has 1 aromatic heterocycles. The summed E-state index contributed by atoms with van der Waals surface area (Å²) >= 11 is 3.69. The summed E-state index contributed by atoms with van der Waals surface area (Å²) in [6, 6.07) is 0.233. The molecule has 3 N–H and O–H groups in total. The zero-order valence-electron chi connectivity index (χ0n) is 12.6. The molecule has 4 bridgehead atoms. The molecule has 0 spiro atoms. The smallest absolute Gasteiger partial charge is 0.0712 e. The summed E-state index contributed by atoms with van der Waals surface area (Å²) in [6.45, 7) is 3.04. The second-order valence-corrected chi connectivity index (χ2v) is 8.20. The second kappa shape index (κ2) is 5.36. The molecule has 1 heterocycles. The van der Waals surface area contributed by atoms with Gasteiger partial charge in [0.2, 0.25) is 0 Å². The van der Waals surface area contributed by atoms with Crippen LogP contribution in [0.15, 0.2) is 10.7 Å². The van der Waals surface area contributed by atoms with Crippen molar-refractivity contribution in [2.75, 3.05) is 0 Å². The van der Waals surface area contributed by atoms with E-state index in [-0.39, 0.29) is 6.04 Å². The highest BCUT2D eigenvalue weighted by atomic mass is 79.9. The number of nitrogens with zero attached hydrogens (tertiary/aromatic N) is 2. The third-order valence-corrected chi connectivity index (χ3v) is 6.90. The van der Waals surface area contributed by atoms with Gasteiger partial charge < -0.3 is 0 Å². The molecule has 5 heteroatoms. The maximum absolute atomic E-state index is 6.02. The highest BCUT2D eigenvalue weighted by molar-refractivity contribution is 9.10. The molecule has 5 rings (SSSR count). The number of hydrogen-bond donors (Lipinski definition) is 2. The van der Waals surface area contributed by atoms with Crippen LogP contribution in [0.2, 0.25) is 0 Å².